The summed E-state index contributed by atoms with van der Waals surface area (Å²) >= 11 is 0. The molecule has 2 aromatic carbocycles. The predicted molar refractivity (Wildman–Crippen MR) is 125 cm³/mol. The molecule has 0 saturated carbocycles. The van der Waals surface area contributed by atoms with E-state index in [-0.39, 0.29) is 25.5 Å². The summed E-state index contributed by atoms with van der Waals surface area (Å²) in [6, 6.07) is 15.4. The van der Waals surface area contributed by atoms with Crippen LogP contribution in [0.25, 0.3) is 11.1 Å². The largest absolute Gasteiger partial charge is 0.449 e. The summed E-state index contributed by atoms with van der Waals surface area (Å²) in [6.45, 7) is 5.68. The molecule has 0 heterocycles. The van der Waals surface area contributed by atoms with Crippen LogP contribution in [0, 0.1) is 0 Å². The first-order valence-corrected chi connectivity index (χ1v) is 11.0. The summed E-state index contributed by atoms with van der Waals surface area (Å²) in [5.41, 5.74) is 9.30. The van der Waals surface area contributed by atoms with Gasteiger partial charge in [-0.1, -0.05) is 48.5 Å². The predicted octanol–water partition coefficient (Wildman–Crippen LogP) is 3.68. The Morgan fingerprint density at radius 1 is 0.970 bits per heavy atom. The Morgan fingerprint density at radius 2 is 1.55 bits per heavy atom. The first kappa shape index (κ1) is 24.1. The molecule has 0 saturated heterocycles. The van der Waals surface area contributed by atoms with Crippen molar-refractivity contribution < 1.29 is 23.9 Å². The van der Waals surface area contributed by atoms with Crippen molar-refractivity contribution >= 4 is 18.1 Å². The van der Waals surface area contributed by atoms with Gasteiger partial charge in [0.05, 0.1) is 0 Å². The molecule has 33 heavy (non-hydrogen) atoms. The fraction of sp³-hybridized carbons (Fsp3) is 0.400. The van der Waals surface area contributed by atoms with Crippen molar-refractivity contribution in [3.05, 3.63) is 59.7 Å². The molecule has 0 bridgehead atoms. The van der Waals surface area contributed by atoms with Gasteiger partial charge >= 0.3 is 12.2 Å². The number of nitrogens with two attached hydrogens (primary N) is 1. The van der Waals surface area contributed by atoms with Gasteiger partial charge in [-0.2, -0.15) is 0 Å². The number of ether oxygens (including phenoxy) is 2. The Hall–Kier alpha value is -3.55. The maximum Gasteiger partial charge on any atom is 0.408 e. The Morgan fingerprint density at radius 3 is 2.09 bits per heavy atom. The molecule has 3 amide bonds. The molecule has 1 aliphatic rings. The van der Waals surface area contributed by atoms with Crippen molar-refractivity contribution in [2.24, 2.45) is 5.73 Å². The smallest absolute Gasteiger partial charge is 0.408 e. The van der Waals surface area contributed by atoms with Gasteiger partial charge in [0.25, 0.3) is 0 Å². The SMILES string of the molecule is CC(C)(C)OC(=O)N[C@@H](CCCNC(=O)OCC1c2ccccc2-c2ccccc21)C(N)=O. The highest BCUT2D eigenvalue weighted by Crippen LogP contribution is 2.44. The standard InChI is InChI=1S/C25H31N3O5/c1-25(2,3)33-24(31)28-21(22(26)29)13-8-14-27-23(30)32-15-20-18-11-6-4-9-16(18)17-10-5-7-12-19(17)20/h4-7,9-12,20-21H,8,13-15H2,1-3H3,(H2,26,29)(H,27,30)(H,28,31)/t21-/m0/s1. The Labute approximate surface area is 193 Å². The molecule has 0 radical (unpaired) electrons. The second-order valence-corrected chi connectivity index (χ2v) is 9.00. The van der Waals surface area contributed by atoms with Crippen LogP contribution in [0.2, 0.25) is 0 Å². The lowest BCUT2D eigenvalue weighted by atomic mass is 9.98. The number of primary amides is 1. The van der Waals surface area contributed by atoms with Gasteiger partial charge in [-0.15, -0.1) is 0 Å². The highest BCUT2D eigenvalue weighted by molar-refractivity contribution is 5.84. The molecule has 0 aromatic heterocycles. The molecule has 1 aliphatic carbocycles. The summed E-state index contributed by atoms with van der Waals surface area (Å²) < 4.78 is 10.6. The highest BCUT2D eigenvalue weighted by atomic mass is 16.6. The average Bonchev–Trinajstić information content (AvgIpc) is 3.07. The van der Waals surface area contributed by atoms with E-state index in [1.807, 2.05) is 24.3 Å². The molecule has 0 fully saturated rings. The van der Waals surface area contributed by atoms with E-state index in [1.165, 1.54) is 0 Å². The minimum Gasteiger partial charge on any atom is -0.449 e. The second-order valence-electron chi connectivity index (χ2n) is 9.00. The maximum absolute atomic E-state index is 12.2. The van der Waals surface area contributed by atoms with Crippen LogP contribution in [-0.2, 0) is 14.3 Å². The maximum atomic E-state index is 12.2. The summed E-state index contributed by atoms with van der Waals surface area (Å²) in [4.78, 5) is 35.7. The van der Waals surface area contributed by atoms with Crippen LogP contribution in [0.15, 0.2) is 48.5 Å². The molecule has 4 N–H and O–H groups in total. The topological polar surface area (TPSA) is 120 Å². The number of rotatable bonds is 8. The molecule has 0 spiro atoms. The van der Waals surface area contributed by atoms with E-state index in [0.29, 0.717) is 6.42 Å². The van der Waals surface area contributed by atoms with Crippen molar-refractivity contribution in [2.75, 3.05) is 13.2 Å². The molecular weight excluding hydrogens is 422 g/mol. The zero-order valence-corrected chi connectivity index (χ0v) is 19.2. The highest BCUT2D eigenvalue weighted by Gasteiger charge is 2.29. The quantitative estimate of drug-likeness (QED) is 0.527. The number of amides is 3. The Bertz CT molecular complexity index is 970. The monoisotopic (exact) mass is 453 g/mol. The van der Waals surface area contributed by atoms with Gasteiger partial charge in [0.1, 0.15) is 18.2 Å². The van der Waals surface area contributed by atoms with E-state index in [0.717, 1.165) is 22.3 Å². The average molecular weight is 454 g/mol. The number of carbonyl (C=O) groups is 3. The third kappa shape index (κ3) is 6.47. The van der Waals surface area contributed by atoms with E-state index in [9.17, 15) is 14.4 Å². The zero-order chi connectivity index (χ0) is 24.0. The fourth-order valence-electron chi connectivity index (χ4n) is 3.88. The molecule has 8 heteroatoms. The second kappa shape index (κ2) is 10.4. The molecule has 0 unspecified atom stereocenters. The minimum absolute atomic E-state index is 0.0135. The Balaban J connectivity index is 1.45. The van der Waals surface area contributed by atoms with E-state index >= 15 is 0 Å². The zero-order valence-electron chi connectivity index (χ0n) is 19.2. The number of hydrogen-bond donors (Lipinski definition) is 3. The molecule has 3 rings (SSSR count). The third-order valence-corrected chi connectivity index (χ3v) is 5.32. The number of carbonyl (C=O) groups excluding carboxylic acids is 3. The van der Waals surface area contributed by atoms with Gasteiger partial charge in [-0.3, -0.25) is 4.79 Å². The van der Waals surface area contributed by atoms with Crippen molar-refractivity contribution in [3.8, 4) is 11.1 Å². The first-order chi connectivity index (χ1) is 15.7. The number of benzene rings is 2. The van der Waals surface area contributed by atoms with Crippen LogP contribution in [0.4, 0.5) is 9.59 Å². The number of alkyl carbamates (subject to hydrolysis) is 2. The van der Waals surface area contributed by atoms with Crippen LogP contribution in [0.3, 0.4) is 0 Å². The fourth-order valence-corrected chi connectivity index (χ4v) is 3.88. The third-order valence-electron chi connectivity index (χ3n) is 5.32. The molecule has 8 nitrogen and oxygen atoms in total. The lowest BCUT2D eigenvalue weighted by molar-refractivity contribution is -0.120. The first-order valence-electron chi connectivity index (χ1n) is 11.0. The van der Waals surface area contributed by atoms with Crippen molar-refractivity contribution in [2.45, 2.75) is 51.2 Å². The van der Waals surface area contributed by atoms with Crippen LogP contribution >= 0.6 is 0 Å². The van der Waals surface area contributed by atoms with E-state index in [4.69, 9.17) is 15.2 Å². The molecule has 176 valence electrons. The van der Waals surface area contributed by atoms with E-state index < -0.39 is 29.7 Å². The Kier molecular flexibility index (Phi) is 7.58. The van der Waals surface area contributed by atoms with Crippen LogP contribution in [-0.4, -0.2) is 42.9 Å². The van der Waals surface area contributed by atoms with Gasteiger partial charge < -0.3 is 25.8 Å². The minimum atomic E-state index is -0.885. The summed E-state index contributed by atoms with van der Waals surface area (Å²) in [5.74, 6) is -0.678. The summed E-state index contributed by atoms with van der Waals surface area (Å²) in [6.07, 6.45) is -0.561. The van der Waals surface area contributed by atoms with Crippen molar-refractivity contribution in [1.82, 2.24) is 10.6 Å². The lowest BCUT2D eigenvalue weighted by Crippen LogP contribution is -2.46. The molecule has 1 atom stereocenters. The summed E-state index contributed by atoms with van der Waals surface area (Å²) in [7, 11) is 0. The van der Waals surface area contributed by atoms with Gasteiger partial charge in [-0.05, 0) is 55.9 Å². The number of hydrogen-bond acceptors (Lipinski definition) is 5. The number of nitrogens with one attached hydrogen (secondary N) is 2. The van der Waals surface area contributed by atoms with Gasteiger partial charge in [0.2, 0.25) is 5.91 Å². The lowest BCUT2D eigenvalue weighted by Gasteiger charge is -2.22. The van der Waals surface area contributed by atoms with Crippen molar-refractivity contribution in [3.63, 3.8) is 0 Å². The normalized spacial score (nSPS) is 13.4. The molecular formula is C25H31N3O5. The number of fused-ring (bicyclic) bond motifs is 3. The van der Waals surface area contributed by atoms with E-state index in [2.05, 4.69) is 34.9 Å². The van der Waals surface area contributed by atoms with Crippen LogP contribution in [0.1, 0.15) is 50.7 Å². The summed E-state index contributed by atoms with van der Waals surface area (Å²) in [5, 5.41) is 5.15. The van der Waals surface area contributed by atoms with Crippen LogP contribution in [0.5, 0.6) is 0 Å². The van der Waals surface area contributed by atoms with Crippen molar-refractivity contribution in [1.29, 1.82) is 0 Å². The van der Waals surface area contributed by atoms with Gasteiger partial charge in [0.15, 0.2) is 0 Å². The molecule has 0 aliphatic heterocycles. The van der Waals surface area contributed by atoms with Crippen LogP contribution < -0.4 is 16.4 Å². The molecule has 2 aromatic rings. The van der Waals surface area contributed by atoms with E-state index in [1.54, 1.807) is 20.8 Å². The van der Waals surface area contributed by atoms with Gasteiger partial charge in [0, 0.05) is 12.5 Å². The van der Waals surface area contributed by atoms with Gasteiger partial charge in [-0.25, -0.2) is 9.59 Å².